The smallest absolute Gasteiger partial charge is 0.0233 e. The van der Waals surface area contributed by atoms with Crippen molar-refractivity contribution in [3.63, 3.8) is 0 Å². The molecule has 0 N–H and O–H groups in total. The quantitative estimate of drug-likeness (QED) is 0.506. The molecule has 1 heteroatoms. The van der Waals surface area contributed by atoms with E-state index in [4.69, 9.17) is 0 Å². The molecule has 0 atom stereocenters. The van der Waals surface area contributed by atoms with Crippen molar-refractivity contribution in [3.8, 4) is 11.1 Å². The minimum absolute atomic E-state index is 0.319. The number of rotatable bonds is 4. The van der Waals surface area contributed by atoms with E-state index in [0.29, 0.717) is 5.41 Å². The van der Waals surface area contributed by atoms with E-state index < -0.39 is 0 Å². The van der Waals surface area contributed by atoms with Crippen molar-refractivity contribution in [3.05, 3.63) is 95.1 Å². The zero-order chi connectivity index (χ0) is 19.6. The fraction of sp³-hybridized carbons (Fsp3) is 0.333. The highest BCUT2D eigenvalue weighted by atomic mass is 15.1. The van der Waals surface area contributed by atoms with Crippen molar-refractivity contribution in [2.75, 3.05) is 13.1 Å². The van der Waals surface area contributed by atoms with Gasteiger partial charge in [-0.1, -0.05) is 90.8 Å². The van der Waals surface area contributed by atoms with Crippen LogP contribution in [-0.2, 0) is 12.0 Å². The summed E-state index contributed by atoms with van der Waals surface area (Å²) in [5.74, 6) is 0. The molecular formula is C27H31N. The second-order valence-electron chi connectivity index (χ2n) is 8.77. The van der Waals surface area contributed by atoms with Gasteiger partial charge in [0.15, 0.2) is 0 Å². The zero-order valence-corrected chi connectivity index (χ0v) is 17.4. The van der Waals surface area contributed by atoms with E-state index in [-0.39, 0.29) is 0 Å². The largest absolute Gasteiger partial charge is 0.299 e. The number of piperidine rings is 1. The van der Waals surface area contributed by atoms with Gasteiger partial charge in [0, 0.05) is 6.54 Å². The standard InChI is InChI=1S/C27H31N/c1-21-4-10-24(11-5-21)25-12-8-23(9-13-25)20-28-18-16-27(3,17-19-28)26-14-6-22(2)7-15-26/h4-15H,16-20H2,1-3H3. The molecule has 1 aliphatic heterocycles. The van der Waals surface area contributed by atoms with Gasteiger partial charge in [-0.2, -0.15) is 0 Å². The van der Waals surface area contributed by atoms with Crippen molar-refractivity contribution in [1.82, 2.24) is 4.90 Å². The average Bonchev–Trinajstić information content (AvgIpc) is 2.72. The van der Waals surface area contributed by atoms with Crippen molar-refractivity contribution in [1.29, 1.82) is 0 Å². The molecule has 0 aromatic heterocycles. The van der Waals surface area contributed by atoms with Crippen LogP contribution in [0.3, 0.4) is 0 Å². The Bertz CT molecular complexity index is 896. The molecule has 3 aromatic rings. The van der Waals surface area contributed by atoms with Crippen LogP contribution in [0.5, 0.6) is 0 Å². The summed E-state index contributed by atoms with van der Waals surface area (Å²) in [6.45, 7) is 10.1. The van der Waals surface area contributed by atoms with Gasteiger partial charge < -0.3 is 0 Å². The number of likely N-dealkylation sites (tertiary alicyclic amines) is 1. The van der Waals surface area contributed by atoms with Crippen LogP contribution in [-0.4, -0.2) is 18.0 Å². The molecule has 0 spiro atoms. The average molecular weight is 370 g/mol. The summed E-state index contributed by atoms with van der Waals surface area (Å²) in [7, 11) is 0. The molecule has 3 aromatic carbocycles. The maximum Gasteiger partial charge on any atom is 0.0233 e. The Morgan fingerprint density at radius 2 is 1.14 bits per heavy atom. The topological polar surface area (TPSA) is 3.24 Å². The van der Waals surface area contributed by atoms with Gasteiger partial charge in [0.05, 0.1) is 0 Å². The summed E-state index contributed by atoms with van der Waals surface area (Å²) < 4.78 is 0. The van der Waals surface area contributed by atoms with Crippen molar-refractivity contribution in [2.24, 2.45) is 0 Å². The first kappa shape index (κ1) is 19.0. The zero-order valence-electron chi connectivity index (χ0n) is 17.4. The summed E-state index contributed by atoms with van der Waals surface area (Å²) in [6.07, 6.45) is 2.47. The minimum atomic E-state index is 0.319. The third kappa shape index (κ3) is 4.20. The third-order valence-corrected chi connectivity index (χ3v) is 6.45. The third-order valence-electron chi connectivity index (χ3n) is 6.45. The highest BCUT2D eigenvalue weighted by molar-refractivity contribution is 5.63. The Labute approximate surface area is 170 Å². The fourth-order valence-electron chi connectivity index (χ4n) is 4.26. The number of hydrogen-bond donors (Lipinski definition) is 0. The van der Waals surface area contributed by atoms with E-state index in [1.807, 2.05) is 0 Å². The highest BCUT2D eigenvalue weighted by Gasteiger charge is 2.31. The van der Waals surface area contributed by atoms with E-state index in [1.54, 1.807) is 0 Å². The summed E-state index contributed by atoms with van der Waals surface area (Å²) in [5, 5.41) is 0. The molecule has 1 saturated heterocycles. The molecule has 1 heterocycles. The monoisotopic (exact) mass is 369 g/mol. The predicted octanol–water partition coefficient (Wildman–Crippen LogP) is 6.52. The van der Waals surface area contributed by atoms with Crippen LogP contribution in [0.15, 0.2) is 72.8 Å². The molecule has 1 aliphatic rings. The van der Waals surface area contributed by atoms with Crippen LogP contribution in [0.25, 0.3) is 11.1 Å². The Balaban J connectivity index is 1.37. The van der Waals surface area contributed by atoms with Crippen LogP contribution in [0, 0.1) is 13.8 Å². The number of aryl methyl sites for hydroxylation is 2. The van der Waals surface area contributed by atoms with Crippen molar-refractivity contribution >= 4 is 0 Å². The SMILES string of the molecule is Cc1ccc(-c2ccc(CN3CCC(C)(c4ccc(C)cc4)CC3)cc2)cc1. The lowest BCUT2D eigenvalue weighted by Gasteiger charge is -2.40. The first-order valence-electron chi connectivity index (χ1n) is 10.5. The summed E-state index contributed by atoms with van der Waals surface area (Å²) in [5.41, 5.74) is 8.48. The molecule has 0 bridgehead atoms. The van der Waals surface area contributed by atoms with Crippen LogP contribution < -0.4 is 0 Å². The van der Waals surface area contributed by atoms with Gasteiger partial charge in [0.25, 0.3) is 0 Å². The lowest BCUT2D eigenvalue weighted by Crippen LogP contribution is -2.40. The molecular weight excluding hydrogens is 338 g/mol. The van der Waals surface area contributed by atoms with E-state index >= 15 is 0 Å². The number of hydrogen-bond acceptors (Lipinski definition) is 1. The maximum absolute atomic E-state index is 2.61. The molecule has 28 heavy (non-hydrogen) atoms. The fourth-order valence-corrected chi connectivity index (χ4v) is 4.26. The van der Waals surface area contributed by atoms with Crippen LogP contribution in [0.1, 0.15) is 42.0 Å². The Morgan fingerprint density at radius 3 is 1.68 bits per heavy atom. The van der Waals surface area contributed by atoms with Crippen LogP contribution >= 0.6 is 0 Å². The molecule has 0 saturated carbocycles. The molecule has 0 radical (unpaired) electrons. The van der Waals surface area contributed by atoms with Gasteiger partial charge in [-0.25, -0.2) is 0 Å². The van der Waals surface area contributed by atoms with Crippen molar-refractivity contribution in [2.45, 2.75) is 45.6 Å². The Hall–Kier alpha value is -2.38. The van der Waals surface area contributed by atoms with E-state index in [2.05, 4.69) is 98.5 Å². The minimum Gasteiger partial charge on any atom is -0.299 e. The van der Waals surface area contributed by atoms with E-state index in [0.717, 1.165) is 6.54 Å². The van der Waals surface area contributed by atoms with E-state index in [9.17, 15) is 0 Å². The van der Waals surface area contributed by atoms with Crippen LogP contribution in [0.2, 0.25) is 0 Å². The Kier molecular flexibility index (Phi) is 5.37. The first-order chi connectivity index (χ1) is 13.5. The first-order valence-corrected chi connectivity index (χ1v) is 10.5. The van der Waals surface area contributed by atoms with Gasteiger partial charge in [-0.05, 0) is 67.4 Å². The molecule has 0 unspecified atom stereocenters. The Morgan fingerprint density at radius 1 is 0.679 bits per heavy atom. The molecule has 4 rings (SSSR count). The summed E-state index contributed by atoms with van der Waals surface area (Å²) in [6, 6.07) is 27.1. The number of nitrogens with zero attached hydrogens (tertiary/aromatic N) is 1. The van der Waals surface area contributed by atoms with E-state index in [1.165, 1.54) is 59.3 Å². The molecule has 0 amide bonds. The number of benzene rings is 3. The maximum atomic E-state index is 2.61. The van der Waals surface area contributed by atoms with Crippen molar-refractivity contribution < 1.29 is 0 Å². The van der Waals surface area contributed by atoms with Gasteiger partial charge in [0.1, 0.15) is 0 Å². The summed E-state index contributed by atoms with van der Waals surface area (Å²) >= 11 is 0. The predicted molar refractivity (Wildman–Crippen MR) is 120 cm³/mol. The highest BCUT2D eigenvalue weighted by Crippen LogP contribution is 2.35. The molecule has 0 aliphatic carbocycles. The van der Waals surface area contributed by atoms with Gasteiger partial charge in [-0.3, -0.25) is 4.90 Å². The van der Waals surface area contributed by atoms with Gasteiger partial charge in [0.2, 0.25) is 0 Å². The molecule has 1 fully saturated rings. The second kappa shape index (κ2) is 7.93. The summed E-state index contributed by atoms with van der Waals surface area (Å²) in [4.78, 5) is 2.61. The van der Waals surface area contributed by atoms with Gasteiger partial charge >= 0.3 is 0 Å². The lowest BCUT2D eigenvalue weighted by molar-refractivity contribution is 0.162. The van der Waals surface area contributed by atoms with Gasteiger partial charge in [-0.15, -0.1) is 0 Å². The van der Waals surface area contributed by atoms with Crippen LogP contribution in [0.4, 0.5) is 0 Å². The molecule has 144 valence electrons. The second-order valence-corrected chi connectivity index (χ2v) is 8.77. The normalized spacial score (nSPS) is 16.8. The lowest BCUT2D eigenvalue weighted by atomic mass is 9.74. The molecule has 1 nitrogen and oxygen atoms in total.